The molecule has 1 aromatic rings. The minimum absolute atomic E-state index is 0.132. The van der Waals surface area contributed by atoms with Crippen LogP contribution in [0.25, 0.3) is 0 Å². The summed E-state index contributed by atoms with van der Waals surface area (Å²) in [6.07, 6.45) is 2.73. The van der Waals surface area contributed by atoms with E-state index in [-0.39, 0.29) is 11.9 Å². The summed E-state index contributed by atoms with van der Waals surface area (Å²) < 4.78 is 0. The van der Waals surface area contributed by atoms with Gasteiger partial charge in [-0.25, -0.2) is 0 Å². The Kier molecular flexibility index (Phi) is 4.37. The highest BCUT2D eigenvalue weighted by Gasteiger charge is 2.20. The topological polar surface area (TPSA) is 41.1 Å². The summed E-state index contributed by atoms with van der Waals surface area (Å²) in [7, 11) is 0. The molecule has 0 unspecified atom stereocenters. The third-order valence-electron chi connectivity index (χ3n) is 3.29. The molecule has 0 atom stereocenters. The molecule has 18 heavy (non-hydrogen) atoms. The van der Waals surface area contributed by atoms with Crippen LogP contribution in [0.1, 0.15) is 31.4 Å². The van der Waals surface area contributed by atoms with Gasteiger partial charge in [0.15, 0.2) is 0 Å². The molecule has 2 N–H and O–H groups in total. The van der Waals surface area contributed by atoms with Crippen molar-refractivity contribution >= 4 is 5.91 Å². The molecule has 0 bridgehead atoms. The number of hydrogen-bond acceptors (Lipinski definition) is 2. The summed E-state index contributed by atoms with van der Waals surface area (Å²) in [6, 6.07) is 9.31. The Morgan fingerprint density at radius 3 is 2.44 bits per heavy atom. The van der Waals surface area contributed by atoms with Gasteiger partial charge in [-0.3, -0.25) is 4.79 Å². The van der Waals surface area contributed by atoms with Crippen molar-refractivity contribution in [1.82, 2.24) is 10.6 Å². The fourth-order valence-electron chi connectivity index (χ4n) is 2.49. The molecule has 1 amide bonds. The van der Waals surface area contributed by atoms with E-state index in [0.29, 0.717) is 12.5 Å². The van der Waals surface area contributed by atoms with Crippen molar-refractivity contribution in [2.45, 2.75) is 45.2 Å². The Labute approximate surface area is 109 Å². The molecule has 2 rings (SSSR count). The molecular weight excluding hydrogens is 224 g/mol. The van der Waals surface area contributed by atoms with E-state index in [2.05, 4.69) is 34.9 Å². The number of fused-ring (bicyclic) bond motifs is 1. The number of rotatable bonds is 5. The average Bonchev–Trinajstić information content (AvgIpc) is 2.70. The van der Waals surface area contributed by atoms with Crippen molar-refractivity contribution in [2.75, 3.05) is 6.54 Å². The Bertz CT molecular complexity index is 390. The summed E-state index contributed by atoms with van der Waals surface area (Å²) >= 11 is 0. The maximum Gasteiger partial charge on any atom is 0.221 e. The summed E-state index contributed by atoms with van der Waals surface area (Å²) in [6.45, 7) is 4.73. The number of benzene rings is 1. The summed E-state index contributed by atoms with van der Waals surface area (Å²) in [5, 5.41) is 6.38. The number of carbonyl (C=O) groups excluding carboxylic acids is 1. The predicted octanol–water partition coefficient (Wildman–Crippen LogP) is 1.66. The van der Waals surface area contributed by atoms with E-state index in [9.17, 15) is 4.79 Å². The van der Waals surface area contributed by atoms with E-state index >= 15 is 0 Å². The number of hydrogen-bond donors (Lipinski definition) is 2. The first kappa shape index (κ1) is 13.1. The third kappa shape index (κ3) is 3.57. The summed E-state index contributed by atoms with van der Waals surface area (Å²) in [5.74, 6) is 0.132. The minimum Gasteiger partial charge on any atom is -0.354 e. The molecule has 0 radical (unpaired) electrons. The first-order valence-corrected chi connectivity index (χ1v) is 6.74. The molecule has 1 aliphatic carbocycles. The van der Waals surface area contributed by atoms with Crippen LogP contribution in [0.15, 0.2) is 24.3 Å². The van der Waals surface area contributed by atoms with Crippen LogP contribution < -0.4 is 10.6 Å². The van der Waals surface area contributed by atoms with Gasteiger partial charge in [0.25, 0.3) is 0 Å². The molecule has 3 heteroatoms. The second-order valence-corrected chi connectivity index (χ2v) is 5.30. The second kappa shape index (κ2) is 6.01. The van der Waals surface area contributed by atoms with E-state index in [1.807, 2.05) is 13.8 Å². The first-order chi connectivity index (χ1) is 8.65. The van der Waals surface area contributed by atoms with E-state index in [1.54, 1.807) is 0 Å². The smallest absolute Gasteiger partial charge is 0.221 e. The predicted molar refractivity (Wildman–Crippen MR) is 73.5 cm³/mol. The largest absolute Gasteiger partial charge is 0.354 e. The lowest BCUT2D eigenvalue weighted by atomic mass is 10.1. The van der Waals surface area contributed by atoms with Crippen LogP contribution in [0.2, 0.25) is 0 Å². The van der Waals surface area contributed by atoms with Crippen LogP contribution in [0, 0.1) is 0 Å². The van der Waals surface area contributed by atoms with Gasteiger partial charge in [-0.05, 0) is 37.8 Å². The highest BCUT2D eigenvalue weighted by molar-refractivity contribution is 5.76. The maximum atomic E-state index is 11.5. The third-order valence-corrected chi connectivity index (χ3v) is 3.29. The van der Waals surface area contributed by atoms with E-state index in [1.165, 1.54) is 11.1 Å². The fraction of sp³-hybridized carbons (Fsp3) is 0.533. The van der Waals surface area contributed by atoms with Crippen molar-refractivity contribution in [2.24, 2.45) is 0 Å². The molecule has 98 valence electrons. The lowest BCUT2D eigenvalue weighted by Crippen LogP contribution is -2.36. The van der Waals surface area contributed by atoms with E-state index in [4.69, 9.17) is 0 Å². The van der Waals surface area contributed by atoms with Crippen molar-refractivity contribution in [1.29, 1.82) is 0 Å². The van der Waals surface area contributed by atoms with Crippen LogP contribution in [-0.2, 0) is 17.6 Å². The standard InChI is InChI=1S/C15H22N2O/c1-11(2)17-15(18)7-8-16-14-9-12-5-3-4-6-13(12)10-14/h3-6,11,14,16H,7-10H2,1-2H3,(H,17,18). The average molecular weight is 246 g/mol. The van der Waals surface area contributed by atoms with Gasteiger partial charge in [0.1, 0.15) is 0 Å². The molecule has 0 saturated carbocycles. The summed E-state index contributed by atoms with van der Waals surface area (Å²) in [4.78, 5) is 11.5. The molecule has 0 heterocycles. The molecule has 0 aromatic heterocycles. The van der Waals surface area contributed by atoms with Crippen molar-refractivity contribution in [3.05, 3.63) is 35.4 Å². The lowest BCUT2D eigenvalue weighted by molar-refractivity contribution is -0.121. The molecule has 0 aliphatic heterocycles. The zero-order chi connectivity index (χ0) is 13.0. The van der Waals surface area contributed by atoms with Gasteiger partial charge in [0.2, 0.25) is 5.91 Å². The number of amides is 1. The minimum atomic E-state index is 0.132. The fourth-order valence-corrected chi connectivity index (χ4v) is 2.49. The van der Waals surface area contributed by atoms with Crippen LogP contribution in [0.4, 0.5) is 0 Å². The molecule has 3 nitrogen and oxygen atoms in total. The van der Waals surface area contributed by atoms with Gasteiger partial charge in [-0.1, -0.05) is 24.3 Å². The Morgan fingerprint density at radius 2 is 1.89 bits per heavy atom. The first-order valence-electron chi connectivity index (χ1n) is 6.74. The Morgan fingerprint density at radius 1 is 1.28 bits per heavy atom. The molecule has 0 spiro atoms. The Balaban J connectivity index is 1.69. The molecule has 0 saturated heterocycles. The Hall–Kier alpha value is -1.35. The van der Waals surface area contributed by atoms with E-state index in [0.717, 1.165) is 19.4 Å². The molecule has 1 aromatic carbocycles. The highest BCUT2D eigenvalue weighted by Crippen LogP contribution is 2.21. The zero-order valence-electron chi connectivity index (χ0n) is 11.2. The monoisotopic (exact) mass is 246 g/mol. The maximum absolute atomic E-state index is 11.5. The normalized spacial score (nSPS) is 14.8. The van der Waals surface area contributed by atoms with Crippen molar-refractivity contribution in [3.63, 3.8) is 0 Å². The van der Waals surface area contributed by atoms with Gasteiger partial charge in [0, 0.05) is 25.0 Å². The molecule has 0 fully saturated rings. The quantitative estimate of drug-likeness (QED) is 0.829. The van der Waals surface area contributed by atoms with Crippen molar-refractivity contribution < 1.29 is 4.79 Å². The zero-order valence-corrected chi connectivity index (χ0v) is 11.2. The molecule has 1 aliphatic rings. The lowest BCUT2D eigenvalue weighted by Gasteiger charge is -2.12. The van der Waals surface area contributed by atoms with Crippen molar-refractivity contribution in [3.8, 4) is 0 Å². The molecular formula is C15H22N2O. The number of carbonyl (C=O) groups is 1. The van der Waals surface area contributed by atoms with Gasteiger partial charge < -0.3 is 10.6 Å². The van der Waals surface area contributed by atoms with E-state index < -0.39 is 0 Å². The van der Waals surface area contributed by atoms with Crippen LogP contribution in [-0.4, -0.2) is 24.5 Å². The van der Waals surface area contributed by atoms with Gasteiger partial charge in [-0.2, -0.15) is 0 Å². The summed E-state index contributed by atoms with van der Waals surface area (Å²) in [5.41, 5.74) is 2.89. The SMILES string of the molecule is CC(C)NC(=O)CCNC1Cc2ccccc2C1. The van der Waals surface area contributed by atoms with Gasteiger partial charge in [0.05, 0.1) is 0 Å². The second-order valence-electron chi connectivity index (χ2n) is 5.30. The number of nitrogens with one attached hydrogen (secondary N) is 2. The van der Waals surface area contributed by atoms with Crippen LogP contribution >= 0.6 is 0 Å². The van der Waals surface area contributed by atoms with Gasteiger partial charge in [-0.15, -0.1) is 0 Å². The van der Waals surface area contributed by atoms with Gasteiger partial charge >= 0.3 is 0 Å². The van der Waals surface area contributed by atoms with Crippen LogP contribution in [0.5, 0.6) is 0 Å². The highest BCUT2D eigenvalue weighted by atomic mass is 16.1. The van der Waals surface area contributed by atoms with Crippen LogP contribution in [0.3, 0.4) is 0 Å².